The molecule has 8 unspecified atom stereocenters. The van der Waals surface area contributed by atoms with E-state index in [1.165, 1.54) is 30.5 Å². The third-order valence-corrected chi connectivity index (χ3v) is 12.3. The molecule has 3 N–H and O–H groups in total. The molecule has 0 spiro atoms. The van der Waals surface area contributed by atoms with Crippen molar-refractivity contribution in [1.29, 1.82) is 0 Å². The molecule has 1 fully saturated rings. The number of carbonyl (C=O) groups is 3. The Bertz CT molecular complexity index is 1310. The van der Waals surface area contributed by atoms with Gasteiger partial charge in [0.05, 0.1) is 6.04 Å². The van der Waals surface area contributed by atoms with Gasteiger partial charge < -0.3 is 35.4 Å². The molecule has 1 aromatic carbocycles. The number of amides is 2. The third-order valence-electron chi connectivity index (χ3n) is 12.3. The smallest absolute Gasteiger partial charge is 0.223 e. The van der Waals surface area contributed by atoms with Crippen LogP contribution in [0.2, 0.25) is 0 Å². The summed E-state index contributed by atoms with van der Waals surface area (Å²) < 4.78 is 0. The van der Waals surface area contributed by atoms with Gasteiger partial charge in [-0.1, -0.05) is 132 Å². The minimum absolute atomic E-state index is 0.0128. The number of carbonyl (C=O) groups excluding carboxylic acids is 3. The molecule has 61 heavy (non-hydrogen) atoms. The summed E-state index contributed by atoms with van der Waals surface area (Å²) in [6, 6.07) is 11.9. The maximum absolute atomic E-state index is 12.6. The van der Waals surface area contributed by atoms with Gasteiger partial charge in [-0.2, -0.15) is 0 Å². The van der Waals surface area contributed by atoms with E-state index in [-0.39, 0.29) is 35.9 Å². The minimum atomic E-state index is 0.0128. The summed E-state index contributed by atoms with van der Waals surface area (Å²) in [5.74, 6) is 2.84. The van der Waals surface area contributed by atoms with Gasteiger partial charge in [0.2, 0.25) is 11.8 Å². The molecule has 1 saturated heterocycles. The number of hydrogen-bond donors (Lipinski definition) is 3. The SMILES string of the molecule is C=C.C=CN1CCCC1C(C)C(C)C(=O)NC(C)Cc1ccccc1.C=CNC(C(=C)N(C)C(C(C)CC)C(C)CC)C(C)C.CC(C)C(C)N(C)C(=O)CCC=O.CNC. The fraction of sp³-hybridized carbons (Fsp3) is 0.673. The molecule has 2 rings (SSSR count). The van der Waals surface area contributed by atoms with Crippen molar-refractivity contribution < 1.29 is 14.4 Å². The molecule has 1 aliphatic rings. The first kappa shape index (κ1) is 61.4. The summed E-state index contributed by atoms with van der Waals surface area (Å²) >= 11 is 0. The predicted molar refractivity (Wildman–Crippen MR) is 266 cm³/mol. The molecule has 0 bridgehead atoms. The highest BCUT2D eigenvalue weighted by Crippen LogP contribution is 2.30. The summed E-state index contributed by atoms with van der Waals surface area (Å²) in [7, 11) is 7.74. The second-order valence-corrected chi connectivity index (χ2v) is 17.5. The van der Waals surface area contributed by atoms with E-state index in [0.717, 1.165) is 25.7 Å². The van der Waals surface area contributed by atoms with Crippen LogP contribution in [-0.4, -0.2) is 97.7 Å². The van der Waals surface area contributed by atoms with Crippen molar-refractivity contribution in [2.24, 2.45) is 35.5 Å². The summed E-state index contributed by atoms with van der Waals surface area (Å²) in [5.41, 5.74) is 2.43. The number of benzene rings is 1. The van der Waals surface area contributed by atoms with Gasteiger partial charge in [-0.05, 0) is 94.8 Å². The molecule has 1 heterocycles. The highest BCUT2D eigenvalue weighted by molar-refractivity contribution is 5.79. The van der Waals surface area contributed by atoms with Gasteiger partial charge in [-0.25, -0.2) is 0 Å². The highest BCUT2D eigenvalue weighted by Gasteiger charge is 2.33. The maximum atomic E-state index is 12.6. The Morgan fingerprint density at radius 3 is 1.82 bits per heavy atom. The highest BCUT2D eigenvalue weighted by atomic mass is 16.2. The standard InChI is InChI=1S/C20H30N2O.C18H36N2.C10H19NO2.C2H7N.C2H4/c1-5-22-13-9-12-19(22)16(3)17(4)20(23)21-15(2)14-18-10-7-6-8-11-18;1-10-14(6)18(15(7)11-2)20(9)16(8)17(13(4)5)19-12-3;1-8(2)9(3)11(4)10(13)6-5-7-12;1-3-2;1-2/h5-8,10-11,15-17,19H,1,9,12-14H2,2-4H3,(H,21,23);12-15,17-19H,3,8,10-11H2,1-2,4-7,9H3;7-9H,5-6H2,1-4H3;3H,1-2H3;1-2H2. The van der Waals surface area contributed by atoms with Crippen LogP contribution in [0.15, 0.2) is 81.3 Å². The van der Waals surface area contributed by atoms with Gasteiger partial charge in [0.15, 0.2) is 0 Å². The Morgan fingerprint density at radius 2 is 1.39 bits per heavy atom. The molecule has 0 radical (unpaired) electrons. The fourth-order valence-corrected chi connectivity index (χ4v) is 7.62. The van der Waals surface area contributed by atoms with Gasteiger partial charge in [-0.3, -0.25) is 9.59 Å². The molecule has 0 aromatic heterocycles. The van der Waals surface area contributed by atoms with Gasteiger partial charge >= 0.3 is 0 Å². The minimum Gasteiger partial charge on any atom is -0.383 e. The van der Waals surface area contributed by atoms with Crippen LogP contribution >= 0.6 is 0 Å². The normalized spacial score (nSPS) is 16.8. The van der Waals surface area contributed by atoms with E-state index in [0.29, 0.717) is 54.5 Å². The molecule has 1 aliphatic heterocycles. The van der Waals surface area contributed by atoms with Crippen LogP contribution in [-0.2, 0) is 20.8 Å². The lowest BCUT2D eigenvalue weighted by molar-refractivity contribution is -0.133. The number of nitrogens with one attached hydrogen (secondary N) is 3. The molecular formula is C52H96N6O3. The molecule has 2 amide bonds. The number of likely N-dealkylation sites (N-methyl/N-ethyl adjacent to an activating group) is 1. The van der Waals surface area contributed by atoms with Gasteiger partial charge in [0, 0.05) is 69.3 Å². The first-order valence-electron chi connectivity index (χ1n) is 23.0. The molecule has 9 nitrogen and oxygen atoms in total. The molecule has 0 saturated carbocycles. The van der Waals surface area contributed by atoms with Crippen LogP contribution in [0, 0.1) is 35.5 Å². The van der Waals surface area contributed by atoms with Crippen LogP contribution in [0.25, 0.3) is 0 Å². The summed E-state index contributed by atoms with van der Waals surface area (Å²) in [6.07, 6.45) is 10.8. The first-order valence-corrected chi connectivity index (χ1v) is 23.0. The van der Waals surface area contributed by atoms with E-state index in [1.54, 1.807) is 18.1 Å². The molecular weight excluding hydrogens is 757 g/mol. The van der Waals surface area contributed by atoms with E-state index < -0.39 is 0 Å². The Kier molecular flexibility index (Phi) is 36.0. The zero-order valence-electron chi connectivity index (χ0n) is 42.2. The lowest BCUT2D eigenvalue weighted by atomic mass is 9.85. The van der Waals surface area contributed by atoms with Gasteiger partial charge in [0.25, 0.3) is 0 Å². The molecule has 0 aliphatic carbocycles. The van der Waals surface area contributed by atoms with E-state index in [9.17, 15) is 14.4 Å². The topological polar surface area (TPSA) is 97.0 Å². The summed E-state index contributed by atoms with van der Waals surface area (Å²) in [4.78, 5) is 40.5. The maximum Gasteiger partial charge on any atom is 0.223 e. The van der Waals surface area contributed by atoms with Crippen molar-refractivity contribution in [2.45, 2.75) is 158 Å². The third kappa shape index (κ3) is 23.8. The summed E-state index contributed by atoms with van der Waals surface area (Å²) in [5, 5.41) is 9.29. The second kappa shape index (κ2) is 35.7. The lowest BCUT2D eigenvalue weighted by Crippen LogP contribution is -2.46. The molecule has 8 atom stereocenters. The van der Waals surface area contributed by atoms with Crippen molar-refractivity contribution in [3.05, 3.63) is 86.9 Å². The largest absolute Gasteiger partial charge is 0.383 e. The molecule has 1 aromatic rings. The van der Waals surface area contributed by atoms with Crippen molar-refractivity contribution in [3.63, 3.8) is 0 Å². The number of hydrogen-bond acceptors (Lipinski definition) is 7. The number of likely N-dealkylation sites (tertiary alicyclic amines) is 1. The molecule has 352 valence electrons. The monoisotopic (exact) mass is 853 g/mol. The van der Waals surface area contributed by atoms with Crippen molar-refractivity contribution in [1.82, 2.24) is 30.7 Å². The fourth-order valence-electron chi connectivity index (χ4n) is 7.62. The Labute approximate surface area is 377 Å². The number of aldehydes is 1. The number of rotatable bonds is 22. The van der Waals surface area contributed by atoms with Crippen LogP contribution in [0.3, 0.4) is 0 Å². The van der Waals surface area contributed by atoms with Crippen LogP contribution < -0.4 is 16.0 Å². The lowest BCUT2D eigenvalue weighted by Gasteiger charge is -2.42. The Balaban J connectivity index is -0.000000810. The van der Waals surface area contributed by atoms with E-state index in [1.807, 2.05) is 45.4 Å². The van der Waals surface area contributed by atoms with Gasteiger partial charge in [0.1, 0.15) is 6.29 Å². The Hall–Kier alpha value is -3.85. The quantitative estimate of drug-likeness (QED) is 0.0790. The average molecular weight is 853 g/mol. The van der Waals surface area contributed by atoms with Crippen LogP contribution in [0.4, 0.5) is 0 Å². The predicted octanol–water partition coefficient (Wildman–Crippen LogP) is 10.4. The second-order valence-electron chi connectivity index (χ2n) is 17.5. The van der Waals surface area contributed by atoms with Gasteiger partial charge in [-0.15, -0.1) is 13.2 Å². The average Bonchev–Trinajstić information content (AvgIpc) is 3.74. The van der Waals surface area contributed by atoms with E-state index >= 15 is 0 Å². The number of nitrogens with zero attached hydrogens (tertiary/aromatic N) is 3. The zero-order valence-corrected chi connectivity index (χ0v) is 42.2. The van der Waals surface area contributed by atoms with E-state index in [2.05, 4.69) is 154 Å². The van der Waals surface area contributed by atoms with Crippen molar-refractivity contribution in [2.75, 3.05) is 34.7 Å². The van der Waals surface area contributed by atoms with E-state index in [4.69, 9.17) is 0 Å². The first-order chi connectivity index (χ1) is 28.8. The summed E-state index contributed by atoms with van der Waals surface area (Å²) in [6.45, 7) is 45.3. The van der Waals surface area contributed by atoms with Crippen LogP contribution in [0.5, 0.6) is 0 Å². The van der Waals surface area contributed by atoms with Crippen LogP contribution in [0.1, 0.15) is 127 Å². The van der Waals surface area contributed by atoms with Crippen molar-refractivity contribution >= 4 is 18.1 Å². The molecule has 9 heteroatoms. The Morgan fingerprint density at radius 1 is 0.869 bits per heavy atom. The van der Waals surface area contributed by atoms with Crippen molar-refractivity contribution in [3.8, 4) is 0 Å². The zero-order chi connectivity index (χ0) is 47.8.